The Balaban J connectivity index is 2.17. The fourth-order valence-corrected chi connectivity index (χ4v) is 2.54. The first-order valence-electron chi connectivity index (χ1n) is 8.41. The van der Waals surface area contributed by atoms with Gasteiger partial charge in [-0.1, -0.05) is 39.0 Å². The van der Waals surface area contributed by atoms with E-state index >= 15 is 0 Å². The van der Waals surface area contributed by atoms with E-state index in [-0.39, 0.29) is 11.8 Å². The van der Waals surface area contributed by atoms with Crippen LogP contribution in [0.2, 0.25) is 0 Å². The lowest BCUT2D eigenvalue weighted by Crippen LogP contribution is -2.15. The monoisotopic (exact) mass is 324 g/mol. The van der Waals surface area contributed by atoms with Gasteiger partial charge in [0.1, 0.15) is 0 Å². The Hall–Kier alpha value is -2.62. The molecule has 0 saturated heterocycles. The molecule has 2 N–H and O–H groups in total. The van der Waals surface area contributed by atoms with Crippen LogP contribution in [0.4, 0.5) is 11.4 Å². The van der Waals surface area contributed by atoms with Crippen molar-refractivity contribution in [3.05, 3.63) is 59.2 Å². The number of hydrogen-bond donors (Lipinski definition) is 2. The summed E-state index contributed by atoms with van der Waals surface area (Å²) in [6.07, 6.45) is 2.16. The quantitative estimate of drug-likeness (QED) is 0.827. The average molecular weight is 324 g/mol. The van der Waals surface area contributed by atoms with Gasteiger partial charge in [0.25, 0.3) is 5.91 Å². The summed E-state index contributed by atoms with van der Waals surface area (Å²) >= 11 is 0. The lowest BCUT2D eigenvalue weighted by molar-refractivity contribution is -0.115. The van der Waals surface area contributed by atoms with Crippen LogP contribution in [0.3, 0.4) is 0 Å². The minimum absolute atomic E-state index is 0.0448. The van der Waals surface area contributed by atoms with Crippen LogP contribution in [0.25, 0.3) is 0 Å². The molecule has 0 spiro atoms. The van der Waals surface area contributed by atoms with Gasteiger partial charge in [-0.2, -0.15) is 0 Å². The summed E-state index contributed by atoms with van der Waals surface area (Å²) < 4.78 is 0. The molecule has 0 heterocycles. The number of nitrogens with one attached hydrogen (secondary N) is 2. The van der Waals surface area contributed by atoms with E-state index in [1.54, 1.807) is 31.2 Å². The zero-order chi connectivity index (χ0) is 17.5. The van der Waals surface area contributed by atoms with E-state index in [0.29, 0.717) is 17.7 Å². The number of para-hydroxylation sites is 1. The maximum atomic E-state index is 12.5. The molecule has 0 aliphatic rings. The molecule has 0 aromatic heterocycles. The second-order valence-corrected chi connectivity index (χ2v) is 5.59. The molecular formula is C20H24N2O2. The normalized spacial score (nSPS) is 10.3. The van der Waals surface area contributed by atoms with Crippen molar-refractivity contribution in [2.75, 3.05) is 10.6 Å². The van der Waals surface area contributed by atoms with E-state index in [1.807, 2.05) is 18.2 Å². The zero-order valence-corrected chi connectivity index (χ0v) is 14.5. The van der Waals surface area contributed by atoms with Gasteiger partial charge in [-0.3, -0.25) is 9.59 Å². The van der Waals surface area contributed by atoms with Gasteiger partial charge in [0, 0.05) is 23.4 Å². The number of amides is 2. The van der Waals surface area contributed by atoms with E-state index in [0.717, 1.165) is 29.7 Å². The van der Waals surface area contributed by atoms with Gasteiger partial charge < -0.3 is 10.6 Å². The molecule has 0 unspecified atom stereocenters. The minimum Gasteiger partial charge on any atom is -0.326 e. The Morgan fingerprint density at radius 1 is 0.833 bits per heavy atom. The summed E-state index contributed by atoms with van der Waals surface area (Å²) in [5, 5.41) is 5.82. The summed E-state index contributed by atoms with van der Waals surface area (Å²) in [5.74, 6) is -0.185. The van der Waals surface area contributed by atoms with E-state index in [4.69, 9.17) is 0 Å². The fourth-order valence-electron chi connectivity index (χ4n) is 2.54. The summed E-state index contributed by atoms with van der Waals surface area (Å²) in [6, 6.07) is 13.0. The molecule has 126 valence electrons. The second kappa shape index (κ2) is 8.29. The van der Waals surface area contributed by atoms with Crippen molar-refractivity contribution >= 4 is 23.2 Å². The van der Waals surface area contributed by atoms with E-state index in [2.05, 4.69) is 24.5 Å². The van der Waals surface area contributed by atoms with Crippen LogP contribution in [0.5, 0.6) is 0 Å². The SMILES string of the molecule is CCC(=O)Nc1ccc(C(=O)Nc2c(CC)cccc2CC)cc1. The predicted octanol–water partition coefficient (Wildman–Crippen LogP) is 4.41. The van der Waals surface area contributed by atoms with Crippen molar-refractivity contribution in [1.29, 1.82) is 0 Å². The van der Waals surface area contributed by atoms with Gasteiger partial charge in [0.15, 0.2) is 0 Å². The average Bonchev–Trinajstić information content (AvgIpc) is 2.62. The maximum Gasteiger partial charge on any atom is 0.255 e. The van der Waals surface area contributed by atoms with E-state index < -0.39 is 0 Å². The Labute approximate surface area is 143 Å². The molecule has 0 fully saturated rings. The first kappa shape index (κ1) is 17.7. The van der Waals surface area contributed by atoms with Gasteiger partial charge in [-0.05, 0) is 48.2 Å². The van der Waals surface area contributed by atoms with Crippen LogP contribution in [0.1, 0.15) is 48.7 Å². The molecule has 0 radical (unpaired) electrons. The molecule has 0 aliphatic carbocycles. The van der Waals surface area contributed by atoms with Crippen LogP contribution >= 0.6 is 0 Å². The highest BCUT2D eigenvalue weighted by Crippen LogP contribution is 2.23. The number of carbonyl (C=O) groups is 2. The maximum absolute atomic E-state index is 12.5. The fraction of sp³-hybridized carbons (Fsp3) is 0.300. The molecule has 2 rings (SSSR count). The first-order chi connectivity index (χ1) is 11.6. The highest BCUT2D eigenvalue weighted by molar-refractivity contribution is 6.05. The van der Waals surface area contributed by atoms with Crippen LogP contribution in [-0.4, -0.2) is 11.8 Å². The Kier molecular flexibility index (Phi) is 6.13. The van der Waals surface area contributed by atoms with Gasteiger partial charge in [-0.25, -0.2) is 0 Å². The molecule has 4 heteroatoms. The van der Waals surface area contributed by atoms with Crippen LogP contribution in [0.15, 0.2) is 42.5 Å². The van der Waals surface area contributed by atoms with E-state index in [1.165, 1.54) is 0 Å². The first-order valence-corrected chi connectivity index (χ1v) is 8.41. The number of rotatable bonds is 6. The topological polar surface area (TPSA) is 58.2 Å². The van der Waals surface area contributed by atoms with Gasteiger partial charge in [0.2, 0.25) is 5.91 Å². The van der Waals surface area contributed by atoms with Crippen molar-refractivity contribution in [2.24, 2.45) is 0 Å². The third-order valence-electron chi connectivity index (χ3n) is 3.99. The third-order valence-corrected chi connectivity index (χ3v) is 3.99. The van der Waals surface area contributed by atoms with E-state index in [9.17, 15) is 9.59 Å². The molecule has 2 aromatic rings. The molecule has 0 atom stereocenters. The molecule has 2 amide bonds. The molecule has 2 aromatic carbocycles. The third kappa shape index (κ3) is 4.22. The standard InChI is InChI=1S/C20H24N2O2/c1-4-14-8-7-9-15(5-2)19(14)22-20(24)16-10-12-17(13-11-16)21-18(23)6-3/h7-13H,4-6H2,1-3H3,(H,21,23)(H,22,24). The van der Waals surface area contributed by atoms with Crippen LogP contribution in [0, 0.1) is 0 Å². The number of benzene rings is 2. The Morgan fingerprint density at radius 3 is 1.92 bits per heavy atom. The summed E-state index contributed by atoms with van der Waals surface area (Å²) in [4.78, 5) is 23.9. The van der Waals surface area contributed by atoms with Gasteiger partial charge >= 0.3 is 0 Å². The van der Waals surface area contributed by atoms with Crippen molar-refractivity contribution in [2.45, 2.75) is 40.0 Å². The predicted molar refractivity (Wildman–Crippen MR) is 98.5 cm³/mol. The zero-order valence-electron chi connectivity index (χ0n) is 14.5. The van der Waals surface area contributed by atoms with Gasteiger partial charge in [-0.15, -0.1) is 0 Å². The van der Waals surface area contributed by atoms with Gasteiger partial charge in [0.05, 0.1) is 0 Å². The smallest absolute Gasteiger partial charge is 0.255 e. The number of anilines is 2. The summed E-state index contributed by atoms with van der Waals surface area (Å²) in [5.41, 5.74) is 4.44. The van der Waals surface area contributed by atoms with Crippen LogP contribution < -0.4 is 10.6 Å². The molecule has 24 heavy (non-hydrogen) atoms. The molecule has 0 bridgehead atoms. The lowest BCUT2D eigenvalue weighted by Gasteiger charge is -2.14. The molecule has 4 nitrogen and oxygen atoms in total. The highest BCUT2D eigenvalue weighted by atomic mass is 16.2. The Bertz CT molecular complexity index is 699. The number of hydrogen-bond acceptors (Lipinski definition) is 2. The summed E-state index contributed by atoms with van der Waals surface area (Å²) in [7, 11) is 0. The highest BCUT2D eigenvalue weighted by Gasteiger charge is 2.12. The molecule has 0 saturated carbocycles. The van der Waals surface area contributed by atoms with Crippen molar-refractivity contribution in [3.8, 4) is 0 Å². The largest absolute Gasteiger partial charge is 0.326 e. The van der Waals surface area contributed by atoms with Crippen molar-refractivity contribution in [3.63, 3.8) is 0 Å². The van der Waals surface area contributed by atoms with Crippen molar-refractivity contribution < 1.29 is 9.59 Å². The Morgan fingerprint density at radius 2 is 1.42 bits per heavy atom. The number of aryl methyl sites for hydroxylation is 2. The van der Waals surface area contributed by atoms with Crippen molar-refractivity contribution in [1.82, 2.24) is 0 Å². The van der Waals surface area contributed by atoms with Crippen LogP contribution in [-0.2, 0) is 17.6 Å². The molecule has 0 aliphatic heterocycles. The summed E-state index contributed by atoms with van der Waals surface area (Å²) in [6.45, 7) is 5.96. The number of carbonyl (C=O) groups excluding carboxylic acids is 2. The minimum atomic E-state index is -0.140. The molecular weight excluding hydrogens is 300 g/mol. The second-order valence-electron chi connectivity index (χ2n) is 5.59. The lowest BCUT2D eigenvalue weighted by atomic mass is 10.0.